The fourth-order valence-corrected chi connectivity index (χ4v) is 4.46. The average Bonchev–Trinajstić information content (AvgIpc) is 3.38. The van der Waals surface area contributed by atoms with Gasteiger partial charge in [0.05, 0.1) is 0 Å². The van der Waals surface area contributed by atoms with Gasteiger partial charge in [-0.3, -0.25) is 14.4 Å². The van der Waals surface area contributed by atoms with Gasteiger partial charge in [-0.1, -0.05) is 11.3 Å². The molecule has 1 N–H and O–H groups in total. The molecule has 2 aliphatic heterocycles. The molecule has 0 saturated carbocycles. The third-order valence-electron chi connectivity index (χ3n) is 4.91. The zero-order valence-corrected chi connectivity index (χ0v) is 15.8. The van der Waals surface area contributed by atoms with Crippen molar-refractivity contribution in [3.8, 4) is 0 Å². The van der Waals surface area contributed by atoms with E-state index in [1.807, 2.05) is 4.90 Å². The second-order valence-corrected chi connectivity index (χ2v) is 7.78. The molecule has 0 atom stereocenters. The minimum atomic E-state index is -0.445. The maximum absolute atomic E-state index is 12.6. The Kier molecular flexibility index (Phi) is 5.06. The van der Waals surface area contributed by atoms with E-state index < -0.39 is 5.56 Å². The second kappa shape index (κ2) is 7.63. The summed E-state index contributed by atoms with van der Waals surface area (Å²) < 4.78 is 1.46. The number of hydrogen-bond donors (Lipinski definition) is 1. The van der Waals surface area contributed by atoms with Crippen LogP contribution in [0.4, 0.5) is 5.13 Å². The lowest BCUT2D eigenvalue weighted by Crippen LogP contribution is -2.32. The molecule has 2 amide bonds. The van der Waals surface area contributed by atoms with Crippen molar-refractivity contribution < 1.29 is 9.59 Å². The van der Waals surface area contributed by atoms with Crippen molar-refractivity contribution in [1.29, 1.82) is 0 Å². The van der Waals surface area contributed by atoms with E-state index in [4.69, 9.17) is 0 Å². The van der Waals surface area contributed by atoms with Crippen LogP contribution in [0.1, 0.15) is 42.6 Å². The largest absolute Gasteiger partial charge is 0.351 e. The van der Waals surface area contributed by atoms with Gasteiger partial charge in [0.15, 0.2) is 0 Å². The van der Waals surface area contributed by atoms with Gasteiger partial charge in [0.25, 0.3) is 11.5 Å². The van der Waals surface area contributed by atoms with Gasteiger partial charge in [-0.2, -0.15) is 9.50 Å². The van der Waals surface area contributed by atoms with Crippen LogP contribution in [0.2, 0.25) is 0 Å². The highest BCUT2D eigenvalue weighted by atomic mass is 32.1. The van der Waals surface area contributed by atoms with Crippen LogP contribution < -0.4 is 15.8 Å². The van der Waals surface area contributed by atoms with E-state index in [-0.39, 0.29) is 17.5 Å². The SMILES string of the molecule is O=C(NCCCN1CCCC1=O)c1cc(=O)nc2sc(N3CCCC3)nn12. The minimum absolute atomic E-state index is 0.181. The molecule has 4 heterocycles. The highest BCUT2D eigenvalue weighted by molar-refractivity contribution is 7.20. The summed E-state index contributed by atoms with van der Waals surface area (Å²) in [4.78, 5) is 44.5. The molecule has 2 saturated heterocycles. The van der Waals surface area contributed by atoms with Gasteiger partial charge in [-0.15, -0.1) is 5.10 Å². The molecule has 0 radical (unpaired) electrons. The van der Waals surface area contributed by atoms with Gasteiger partial charge >= 0.3 is 0 Å². The van der Waals surface area contributed by atoms with Gasteiger partial charge in [0, 0.05) is 45.2 Å². The number of fused-ring (bicyclic) bond motifs is 1. The first-order valence-electron chi connectivity index (χ1n) is 9.34. The summed E-state index contributed by atoms with van der Waals surface area (Å²) in [6.45, 7) is 3.74. The highest BCUT2D eigenvalue weighted by Gasteiger charge is 2.21. The number of carbonyl (C=O) groups is 2. The lowest BCUT2D eigenvalue weighted by atomic mass is 10.3. The number of aromatic nitrogens is 3. The smallest absolute Gasteiger partial charge is 0.274 e. The lowest BCUT2D eigenvalue weighted by Gasteiger charge is -2.15. The van der Waals surface area contributed by atoms with Crippen LogP contribution in [0, 0.1) is 0 Å². The number of nitrogens with one attached hydrogen (secondary N) is 1. The molecule has 2 aromatic heterocycles. The van der Waals surface area contributed by atoms with Gasteiger partial charge in [0.2, 0.25) is 16.0 Å². The summed E-state index contributed by atoms with van der Waals surface area (Å²) in [5, 5.41) is 8.11. The molecule has 2 aromatic rings. The second-order valence-electron chi connectivity index (χ2n) is 6.85. The van der Waals surface area contributed by atoms with E-state index in [1.165, 1.54) is 21.9 Å². The van der Waals surface area contributed by atoms with E-state index in [2.05, 4.69) is 20.3 Å². The monoisotopic (exact) mass is 390 g/mol. The first kappa shape index (κ1) is 17.9. The lowest BCUT2D eigenvalue weighted by molar-refractivity contribution is -0.127. The maximum atomic E-state index is 12.6. The molecule has 0 bridgehead atoms. The number of amides is 2. The topological polar surface area (TPSA) is 99.9 Å². The summed E-state index contributed by atoms with van der Waals surface area (Å²) in [5.74, 6) is -0.170. The quantitative estimate of drug-likeness (QED) is 0.721. The third-order valence-corrected chi connectivity index (χ3v) is 5.88. The molecule has 144 valence electrons. The number of carbonyl (C=O) groups excluding carboxylic acids is 2. The number of nitrogens with zero attached hydrogens (tertiary/aromatic N) is 5. The summed E-state index contributed by atoms with van der Waals surface area (Å²) in [6, 6.07) is 1.22. The molecule has 0 spiro atoms. The van der Waals surface area contributed by atoms with Crippen LogP contribution >= 0.6 is 11.3 Å². The van der Waals surface area contributed by atoms with Crippen molar-refractivity contribution in [2.45, 2.75) is 32.1 Å². The molecular weight excluding hydrogens is 368 g/mol. The number of hydrogen-bond acceptors (Lipinski definition) is 7. The Labute approximate surface area is 160 Å². The Balaban J connectivity index is 1.44. The molecule has 2 aliphatic rings. The highest BCUT2D eigenvalue weighted by Crippen LogP contribution is 2.25. The Hall–Kier alpha value is -2.49. The van der Waals surface area contributed by atoms with Crippen molar-refractivity contribution in [3.05, 3.63) is 22.1 Å². The molecule has 10 heteroatoms. The predicted molar refractivity (Wildman–Crippen MR) is 101 cm³/mol. The standard InChI is InChI=1S/C17H22N6O3S/c24-13-11-12(15(26)18-6-4-10-21-9-3-5-14(21)25)23-16(19-13)27-17(20-23)22-7-1-2-8-22/h11H,1-10H2,(H,18,26). The van der Waals surface area contributed by atoms with Gasteiger partial charge in [-0.25, -0.2) is 0 Å². The maximum Gasteiger partial charge on any atom is 0.274 e. The summed E-state index contributed by atoms with van der Waals surface area (Å²) >= 11 is 1.33. The summed E-state index contributed by atoms with van der Waals surface area (Å²) in [7, 11) is 0. The van der Waals surface area contributed by atoms with Crippen molar-refractivity contribution in [3.63, 3.8) is 0 Å². The zero-order valence-electron chi connectivity index (χ0n) is 15.0. The van der Waals surface area contributed by atoms with Crippen LogP contribution in [-0.4, -0.2) is 64.0 Å². The molecular formula is C17H22N6O3S. The number of anilines is 1. The van der Waals surface area contributed by atoms with Gasteiger partial charge in [0.1, 0.15) is 5.69 Å². The Bertz CT molecular complexity index is 917. The summed E-state index contributed by atoms with van der Waals surface area (Å²) in [5.41, 5.74) is -0.247. The van der Waals surface area contributed by atoms with Gasteiger partial charge < -0.3 is 15.1 Å². The van der Waals surface area contributed by atoms with E-state index in [0.29, 0.717) is 30.9 Å². The molecule has 0 aliphatic carbocycles. The molecule has 27 heavy (non-hydrogen) atoms. The average molecular weight is 390 g/mol. The van der Waals surface area contributed by atoms with Crippen LogP contribution in [0.15, 0.2) is 10.9 Å². The van der Waals surface area contributed by atoms with E-state index in [9.17, 15) is 14.4 Å². The van der Waals surface area contributed by atoms with Crippen LogP contribution in [0.25, 0.3) is 4.96 Å². The number of rotatable bonds is 6. The van der Waals surface area contributed by atoms with Gasteiger partial charge in [-0.05, 0) is 25.7 Å². The molecule has 9 nitrogen and oxygen atoms in total. The normalized spacial score (nSPS) is 17.3. The van der Waals surface area contributed by atoms with Crippen molar-refractivity contribution >= 4 is 33.2 Å². The zero-order chi connectivity index (χ0) is 18.8. The van der Waals surface area contributed by atoms with Crippen LogP contribution in [0.3, 0.4) is 0 Å². The summed E-state index contributed by atoms with van der Waals surface area (Å²) in [6.07, 6.45) is 4.44. The van der Waals surface area contributed by atoms with Crippen LogP contribution in [-0.2, 0) is 4.79 Å². The van der Waals surface area contributed by atoms with Crippen molar-refractivity contribution in [2.24, 2.45) is 0 Å². The third kappa shape index (κ3) is 3.80. The fraction of sp³-hybridized carbons (Fsp3) is 0.588. The fourth-order valence-electron chi connectivity index (χ4n) is 3.51. The minimum Gasteiger partial charge on any atom is -0.351 e. The van der Waals surface area contributed by atoms with Crippen molar-refractivity contribution in [2.75, 3.05) is 37.6 Å². The predicted octanol–water partition coefficient (Wildman–Crippen LogP) is 0.493. The molecule has 0 aromatic carbocycles. The van der Waals surface area contributed by atoms with E-state index >= 15 is 0 Å². The van der Waals surface area contributed by atoms with E-state index in [0.717, 1.165) is 44.0 Å². The van der Waals surface area contributed by atoms with Crippen molar-refractivity contribution in [1.82, 2.24) is 24.8 Å². The van der Waals surface area contributed by atoms with E-state index in [1.54, 1.807) is 0 Å². The first-order chi connectivity index (χ1) is 13.1. The Morgan fingerprint density at radius 2 is 2.00 bits per heavy atom. The number of likely N-dealkylation sites (tertiary alicyclic amines) is 1. The molecule has 2 fully saturated rings. The first-order valence-corrected chi connectivity index (χ1v) is 10.2. The van der Waals surface area contributed by atoms with Crippen LogP contribution in [0.5, 0.6) is 0 Å². The molecule has 4 rings (SSSR count). The Morgan fingerprint density at radius 3 is 2.74 bits per heavy atom. The Morgan fingerprint density at radius 1 is 1.19 bits per heavy atom. The molecule has 0 unspecified atom stereocenters.